The molecule has 1 N–H and O–H groups in total. The Morgan fingerprint density at radius 1 is 1.29 bits per heavy atom. The summed E-state index contributed by atoms with van der Waals surface area (Å²) in [5, 5.41) is 3.29. The Morgan fingerprint density at radius 3 is 2.90 bits per heavy atom. The van der Waals surface area contributed by atoms with Crippen LogP contribution in [-0.4, -0.2) is 23.1 Å². The first-order valence-electron chi connectivity index (χ1n) is 7.62. The molecule has 1 aromatic carbocycles. The largest absolute Gasteiger partial charge is 0.370 e. The van der Waals surface area contributed by atoms with Gasteiger partial charge >= 0.3 is 0 Å². The van der Waals surface area contributed by atoms with Crippen LogP contribution in [0.3, 0.4) is 0 Å². The first-order chi connectivity index (χ1) is 10.2. The number of aromatic nitrogens is 2. The van der Waals surface area contributed by atoms with Crippen molar-refractivity contribution in [3.63, 3.8) is 0 Å². The van der Waals surface area contributed by atoms with Crippen LogP contribution in [0.4, 0.5) is 17.3 Å². The van der Waals surface area contributed by atoms with Gasteiger partial charge in [-0.1, -0.05) is 25.1 Å². The van der Waals surface area contributed by atoms with Crippen LogP contribution < -0.4 is 10.2 Å². The summed E-state index contributed by atoms with van der Waals surface area (Å²) in [6.07, 6.45) is 1.14. The number of hydrogen-bond acceptors (Lipinski definition) is 4. The molecular formula is C17H22N4. The van der Waals surface area contributed by atoms with Crippen molar-refractivity contribution in [2.45, 2.75) is 27.2 Å². The average Bonchev–Trinajstić information content (AvgIpc) is 2.46. The molecule has 0 saturated carbocycles. The van der Waals surface area contributed by atoms with Gasteiger partial charge in [0.2, 0.25) is 0 Å². The molecule has 4 heteroatoms. The molecule has 2 aromatic rings. The molecule has 0 saturated heterocycles. The van der Waals surface area contributed by atoms with Gasteiger partial charge in [-0.3, -0.25) is 0 Å². The predicted molar refractivity (Wildman–Crippen MR) is 87.2 cm³/mol. The van der Waals surface area contributed by atoms with E-state index in [1.807, 2.05) is 13.0 Å². The zero-order valence-corrected chi connectivity index (χ0v) is 12.9. The van der Waals surface area contributed by atoms with Gasteiger partial charge in [-0.05, 0) is 37.8 Å². The van der Waals surface area contributed by atoms with E-state index in [1.165, 1.54) is 11.3 Å². The van der Waals surface area contributed by atoms with Crippen LogP contribution in [-0.2, 0) is 6.42 Å². The number of benzene rings is 1. The minimum Gasteiger partial charge on any atom is -0.370 e. The lowest BCUT2D eigenvalue weighted by molar-refractivity contribution is 0.559. The van der Waals surface area contributed by atoms with E-state index in [2.05, 4.69) is 58.3 Å². The molecule has 0 aliphatic carbocycles. The molecule has 0 spiro atoms. The average molecular weight is 282 g/mol. The van der Waals surface area contributed by atoms with Crippen molar-refractivity contribution in [3.05, 3.63) is 41.7 Å². The molecule has 1 aliphatic rings. The van der Waals surface area contributed by atoms with Gasteiger partial charge in [0.05, 0.1) is 0 Å². The highest BCUT2D eigenvalue weighted by atomic mass is 15.2. The van der Waals surface area contributed by atoms with Gasteiger partial charge in [0.15, 0.2) is 0 Å². The van der Waals surface area contributed by atoms with Gasteiger partial charge in [0.1, 0.15) is 17.5 Å². The van der Waals surface area contributed by atoms with E-state index < -0.39 is 0 Å². The summed E-state index contributed by atoms with van der Waals surface area (Å²) in [4.78, 5) is 11.4. The summed E-state index contributed by atoms with van der Waals surface area (Å²) in [6, 6.07) is 10.7. The van der Waals surface area contributed by atoms with Gasteiger partial charge in [0.25, 0.3) is 0 Å². The number of anilines is 3. The van der Waals surface area contributed by atoms with Crippen LogP contribution in [0.15, 0.2) is 30.3 Å². The highest BCUT2D eigenvalue weighted by Crippen LogP contribution is 2.34. The maximum Gasteiger partial charge on any atom is 0.138 e. The predicted octanol–water partition coefficient (Wildman–Crippen LogP) is 3.55. The number of aryl methyl sites for hydroxylation is 1. The first-order valence-corrected chi connectivity index (χ1v) is 7.62. The maximum atomic E-state index is 4.65. The highest BCUT2D eigenvalue weighted by Gasteiger charge is 2.23. The zero-order chi connectivity index (χ0) is 14.8. The third-order valence-corrected chi connectivity index (χ3v) is 3.80. The zero-order valence-electron chi connectivity index (χ0n) is 12.9. The van der Waals surface area contributed by atoms with Gasteiger partial charge in [-0.2, -0.15) is 0 Å². The molecular weight excluding hydrogens is 260 g/mol. The van der Waals surface area contributed by atoms with E-state index in [0.717, 1.165) is 37.0 Å². The van der Waals surface area contributed by atoms with Gasteiger partial charge < -0.3 is 10.2 Å². The molecule has 2 heterocycles. The second-order valence-electron chi connectivity index (χ2n) is 5.74. The van der Waals surface area contributed by atoms with Crippen LogP contribution in [0.2, 0.25) is 0 Å². The third-order valence-electron chi connectivity index (χ3n) is 3.80. The highest BCUT2D eigenvalue weighted by molar-refractivity contribution is 5.67. The van der Waals surface area contributed by atoms with Crippen LogP contribution in [0.25, 0.3) is 0 Å². The fraction of sp³-hybridized carbons (Fsp3) is 0.412. The van der Waals surface area contributed by atoms with Gasteiger partial charge in [0, 0.05) is 24.8 Å². The quantitative estimate of drug-likeness (QED) is 0.934. The van der Waals surface area contributed by atoms with Crippen LogP contribution in [0.1, 0.15) is 25.2 Å². The number of nitrogens with zero attached hydrogens (tertiary/aromatic N) is 3. The molecule has 0 radical (unpaired) electrons. The summed E-state index contributed by atoms with van der Waals surface area (Å²) in [6.45, 7) is 8.18. The van der Waals surface area contributed by atoms with E-state index in [0.29, 0.717) is 5.92 Å². The van der Waals surface area contributed by atoms with Crippen molar-refractivity contribution in [3.8, 4) is 0 Å². The molecule has 21 heavy (non-hydrogen) atoms. The fourth-order valence-electron chi connectivity index (χ4n) is 2.98. The SMILES string of the molecule is CCNc1cc(N2CC(C)Cc3ccccc32)nc(C)n1. The van der Waals surface area contributed by atoms with E-state index in [-0.39, 0.29) is 0 Å². The molecule has 1 aliphatic heterocycles. The number of para-hydroxylation sites is 1. The van der Waals surface area contributed by atoms with Crippen LogP contribution in [0.5, 0.6) is 0 Å². The molecule has 0 fully saturated rings. The molecule has 1 aromatic heterocycles. The Morgan fingerprint density at radius 2 is 2.10 bits per heavy atom. The smallest absolute Gasteiger partial charge is 0.138 e. The van der Waals surface area contributed by atoms with Crippen molar-refractivity contribution >= 4 is 17.3 Å². The molecule has 3 rings (SSSR count). The molecule has 1 unspecified atom stereocenters. The monoisotopic (exact) mass is 282 g/mol. The maximum absolute atomic E-state index is 4.65. The fourth-order valence-corrected chi connectivity index (χ4v) is 2.98. The minimum atomic E-state index is 0.623. The number of hydrogen-bond donors (Lipinski definition) is 1. The van der Waals surface area contributed by atoms with E-state index in [1.54, 1.807) is 0 Å². The van der Waals surface area contributed by atoms with Gasteiger partial charge in [-0.25, -0.2) is 9.97 Å². The standard InChI is InChI=1S/C17H22N4/c1-4-18-16-10-17(20-13(3)19-16)21-11-12(2)9-14-7-5-6-8-15(14)21/h5-8,10,12H,4,9,11H2,1-3H3,(H,18,19,20). The number of fused-ring (bicyclic) bond motifs is 1. The lowest BCUT2D eigenvalue weighted by atomic mass is 9.94. The van der Waals surface area contributed by atoms with Crippen molar-refractivity contribution in [1.29, 1.82) is 0 Å². The van der Waals surface area contributed by atoms with Crippen molar-refractivity contribution in [2.75, 3.05) is 23.3 Å². The second kappa shape index (κ2) is 5.72. The normalized spacial score (nSPS) is 17.5. The Kier molecular flexibility index (Phi) is 3.78. The summed E-state index contributed by atoms with van der Waals surface area (Å²) in [5.74, 6) is 3.31. The topological polar surface area (TPSA) is 41.0 Å². The second-order valence-corrected chi connectivity index (χ2v) is 5.74. The Bertz CT molecular complexity index is 638. The summed E-state index contributed by atoms with van der Waals surface area (Å²) >= 11 is 0. The number of rotatable bonds is 3. The molecule has 110 valence electrons. The summed E-state index contributed by atoms with van der Waals surface area (Å²) in [5.41, 5.74) is 2.67. The Balaban J connectivity index is 2.04. The Labute approximate surface area is 126 Å². The molecule has 1 atom stereocenters. The van der Waals surface area contributed by atoms with Crippen molar-refractivity contribution in [1.82, 2.24) is 9.97 Å². The lowest BCUT2D eigenvalue weighted by Crippen LogP contribution is -2.31. The summed E-state index contributed by atoms with van der Waals surface area (Å²) < 4.78 is 0. The van der Waals surface area contributed by atoms with E-state index in [4.69, 9.17) is 0 Å². The molecule has 4 nitrogen and oxygen atoms in total. The van der Waals surface area contributed by atoms with Crippen LogP contribution in [0, 0.1) is 12.8 Å². The van der Waals surface area contributed by atoms with Crippen molar-refractivity contribution < 1.29 is 0 Å². The number of nitrogens with one attached hydrogen (secondary N) is 1. The molecule has 0 bridgehead atoms. The van der Waals surface area contributed by atoms with Gasteiger partial charge in [-0.15, -0.1) is 0 Å². The lowest BCUT2D eigenvalue weighted by Gasteiger charge is -2.34. The summed E-state index contributed by atoms with van der Waals surface area (Å²) in [7, 11) is 0. The molecule has 0 amide bonds. The van der Waals surface area contributed by atoms with E-state index in [9.17, 15) is 0 Å². The Hall–Kier alpha value is -2.10. The minimum absolute atomic E-state index is 0.623. The third kappa shape index (κ3) is 2.84. The van der Waals surface area contributed by atoms with Crippen LogP contribution >= 0.6 is 0 Å². The first kappa shape index (κ1) is 13.9. The van der Waals surface area contributed by atoms with E-state index >= 15 is 0 Å². The van der Waals surface area contributed by atoms with Crippen molar-refractivity contribution in [2.24, 2.45) is 5.92 Å².